The number of carbonyl (C=O) groups excluding carboxylic acids is 2. The van der Waals surface area contributed by atoms with E-state index in [1.54, 1.807) is 69.3 Å². The molecule has 1 amide bonds. The highest BCUT2D eigenvalue weighted by molar-refractivity contribution is 7.91. The van der Waals surface area contributed by atoms with Crippen LogP contribution in [-0.2, 0) is 21.5 Å². The average Bonchev–Trinajstić information content (AvgIpc) is 2.63. The predicted octanol–water partition coefficient (Wildman–Crippen LogP) is 2.98. The van der Waals surface area contributed by atoms with Crippen LogP contribution in [0.2, 0.25) is 0 Å². The Morgan fingerprint density at radius 3 is 2.25 bits per heavy atom. The molecule has 0 saturated heterocycles. The number of para-hydroxylation sites is 1. The van der Waals surface area contributed by atoms with Crippen molar-refractivity contribution >= 4 is 27.8 Å². The van der Waals surface area contributed by atoms with Crippen molar-refractivity contribution in [2.75, 3.05) is 11.4 Å². The third-order valence-electron chi connectivity index (χ3n) is 4.24. The van der Waals surface area contributed by atoms with Crippen LogP contribution in [0.4, 0.5) is 5.69 Å². The molecular formula is C20H22N2O5S. The molecule has 0 radical (unpaired) electrons. The molecule has 0 bridgehead atoms. The average molecular weight is 402 g/mol. The Morgan fingerprint density at radius 1 is 1.04 bits per heavy atom. The lowest BCUT2D eigenvalue weighted by Crippen LogP contribution is -2.49. The number of fused-ring (bicyclic) bond motifs is 1. The first-order valence-corrected chi connectivity index (χ1v) is 10.1. The highest BCUT2D eigenvalue weighted by atomic mass is 32.2. The summed E-state index contributed by atoms with van der Waals surface area (Å²) in [6.45, 7) is 5.20. The van der Waals surface area contributed by atoms with Gasteiger partial charge in [0.15, 0.2) is 0 Å². The van der Waals surface area contributed by atoms with Crippen molar-refractivity contribution in [2.45, 2.75) is 32.9 Å². The quantitative estimate of drug-likeness (QED) is 0.737. The van der Waals surface area contributed by atoms with Crippen LogP contribution in [0.15, 0.2) is 48.5 Å². The van der Waals surface area contributed by atoms with Gasteiger partial charge in [-0.05, 0) is 50.6 Å². The molecule has 1 aliphatic rings. The number of carbonyl (C=O) groups is 2. The van der Waals surface area contributed by atoms with Crippen molar-refractivity contribution in [1.82, 2.24) is 4.31 Å². The van der Waals surface area contributed by atoms with Crippen LogP contribution in [0.3, 0.4) is 0 Å². The Labute approximate surface area is 164 Å². The number of anilines is 1. The van der Waals surface area contributed by atoms with Gasteiger partial charge >= 0.3 is 16.2 Å². The molecule has 2 aromatic carbocycles. The SMILES string of the molecule is CN1c2ccccc2C(=O)N(Cc2ccc(C(=O)OC(C)(C)C)cc2)S1(=O)=O. The molecule has 28 heavy (non-hydrogen) atoms. The molecule has 1 aliphatic heterocycles. The van der Waals surface area contributed by atoms with E-state index < -0.39 is 27.7 Å². The lowest BCUT2D eigenvalue weighted by atomic mass is 10.1. The number of ether oxygens (including phenoxy) is 1. The molecule has 1 heterocycles. The number of benzene rings is 2. The zero-order valence-electron chi connectivity index (χ0n) is 16.2. The topological polar surface area (TPSA) is 84.0 Å². The predicted molar refractivity (Wildman–Crippen MR) is 105 cm³/mol. The molecular weight excluding hydrogens is 380 g/mol. The third-order valence-corrected chi connectivity index (χ3v) is 5.98. The standard InChI is InChI=1S/C20H22N2O5S/c1-20(2,3)27-19(24)15-11-9-14(10-12-15)13-22-18(23)16-7-5-6-8-17(16)21(4)28(22,25)26/h5-12H,13H2,1-4H3. The first kappa shape index (κ1) is 19.9. The van der Waals surface area contributed by atoms with E-state index in [1.807, 2.05) is 0 Å². The normalized spacial score (nSPS) is 15.9. The molecule has 0 spiro atoms. The second-order valence-corrected chi connectivity index (χ2v) is 9.39. The maximum absolute atomic E-state index is 12.8. The molecule has 7 nitrogen and oxygen atoms in total. The van der Waals surface area contributed by atoms with Gasteiger partial charge in [0.25, 0.3) is 5.91 Å². The summed E-state index contributed by atoms with van der Waals surface area (Å²) in [7, 11) is -2.57. The minimum absolute atomic E-state index is 0.131. The van der Waals surface area contributed by atoms with E-state index in [0.29, 0.717) is 22.4 Å². The van der Waals surface area contributed by atoms with Crippen molar-refractivity contribution in [2.24, 2.45) is 0 Å². The van der Waals surface area contributed by atoms with Crippen LogP contribution in [-0.4, -0.2) is 37.2 Å². The lowest BCUT2D eigenvalue weighted by molar-refractivity contribution is 0.00693. The number of rotatable bonds is 3. The third kappa shape index (κ3) is 3.73. The number of nitrogens with zero attached hydrogens (tertiary/aromatic N) is 2. The highest BCUT2D eigenvalue weighted by Crippen LogP contribution is 2.31. The Kier molecular flexibility index (Phi) is 4.93. The molecule has 0 saturated carbocycles. The summed E-state index contributed by atoms with van der Waals surface area (Å²) in [5.74, 6) is -1.04. The van der Waals surface area contributed by atoms with Crippen molar-refractivity contribution in [3.63, 3.8) is 0 Å². The van der Waals surface area contributed by atoms with Crippen molar-refractivity contribution in [3.05, 3.63) is 65.2 Å². The van der Waals surface area contributed by atoms with Crippen LogP contribution < -0.4 is 4.31 Å². The summed E-state index contributed by atoms with van der Waals surface area (Å²) < 4.78 is 32.8. The first-order chi connectivity index (χ1) is 13.0. The molecule has 3 rings (SSSR count). The van der Waals surface area contributed by atoms with Gasteiger partial charge in [-0.1, -0.05) is 24.3 Å². The molecule has 2 aromatic rings. The van der Waals surface area contributed by atoms with Gasteiger partial charge in [0.1, 0.15) is 5.60 Å². The maximum atomic E-state index is 12.8. The molecule has 0 unspecified atom stereocenters. The van der Waals surface area contributed by atoms with Gasteiger partial charge in [0.2, 0.25) is 0 Å². The summed E-state index contributed by atoms with van der Waals surface area (Å²) in [6, 6.07) is 12.9. The van der Waals surface area contributed by atoms with Crippen LogP contribution in [0, 0.1) is 0 Å². The van der Waals surface area contributed by atoms with E-state index in [-0.39, 0.29) is 6.54 Å². The summed E-state index contributed by atoms with van der Waals surface area (Å²) in [6.07, 6.45) is 0. The van der Waals surface area contributed by atoms with Crippen LogP contribution >= 0.6 is 0 Å². The lowest BCUT2D eigenvalue weighted by Gasteiger charge is -2.34. The number of hydrogen-bond donors (Lipinski definition) is 0. The van der Waals surface area contributed by atoms with Crippen molar-refractivity contribution < 1.29 is 22.7 Å². The fourth-order valence-electron chi connectivity index (χ4n) is 2.84. The fraction of sp³-hybridized carbons (Fsp3) is 0.300. The summed E-state index contributed by atoms with van der Waals surface area (Å²) in [4.78, 5) is 24.9. The fourth-order valence-corrected chi connectivity index (χ4v) is 4.17. The Bertz CT molecular complexity index is 1020. The molecule has 0 atom stereocenters. The first-order valence-electron chi connectivity index (χ1n) is 8.73. The smallest absolute Gasteiger partial charge is 0.338 e. The molecule has 0 aliphatic carbocycles. The maximum Gasteiger partial charge on any atom is 0.338 e. The summed E-state index contributed by atoms with van der Waals surface area (Å²) in [5, 5.41) is 0. The van der Waals surface area contributed by atoms with Gasteiger partial charge in [0, 0.05) is 7.05 Å². The van der Waals surface area contributed by atoms with Crippen LogP contribution in [0.5, 0.6) is 0 Å². The molecule has 0 N–H and O–H groups in total. The second-order valence-electron chi connectivity index (χ2n) is 7.50. The van der Waals surface area contributed by atoms with Gasteiger partial charge in [-0.2, -0.15) is 8.42 Å². The molecule has 8 heteroatoms. The van der Waals surface area contributed by atoms with E-state index in [1.165, 1.54) is 7.05 Å². The Hall–Kier alpha value is -2.87. The molecule has 0 fully saturated rings. The monoisotopic (exact) mass is 402 g/mol. The number of amides is 1. The van der Waals surface area contributed by atoms with Crippen LogP contribution in [0.25, 0.3) is 0 Å². The van der Waals surface area contributed by atoms with E-state index in [2.05, 4.69) is 0 Å². The van der Waals surface area contributed by atoms with E-state index >= 15 is 0 Å². The van der Waals surface area contributed by atoms with Gasteiger partial charge < -0.3 is 4.74 Å². The van der Waals surface area contributed by atoms with Crippen molar-refractivity contribution in [3.8, 4) is 0 Å². The van der Waals surface area contributed by atoms with Crippen molar-refractivity contribution in [1.29, 1.82) is 0 Å². The molecule has 0 aromatic heterocycles. The van der Waals surface area contributed by atoms with E-state index in [0.717, 1.165) is 8.61 Å². The van der Waals surface area contributed by atoms with Gasteiger partial charge in [-0.25, -0.2) is 9.10 Å². The number of esters is 1. The number of hydrogen-bond acceptors (Lipinski definition) is 5. The van der Waals surface area contributed by atoms with Gasteiger partial charge in [0.05, 0.1) is 23.4 Å². The minimum Gasteiger partial charge on any atom is -0.456 e. The van der Waals surface area contributed by atoms with E-state index in [9.17, 15) is 18.0 Å². The summed E-state index contributed by atoms with van der Waals surface area (Å²) in [5.41, 5.74) is 1.00. The minimum atomic E-state index is -3.99. The second kappa shape index (κ2) is 6.94. The highest BCUT2D eigenvalue weighted by Gasteiger charge is 2.39. The van der Waals surface area contributed by atoms with Crippen LogP contribution in [0.1, 0.15) is 47.1 Å². The Morgan fingerprint density at radius 2 is 1.64 bits per heavy atom. The zero-order chi connectivity index (χ0) is 20.7. The van der Waals surface area contributed by atoms with Gasteiger partial charge in [-0.3, -0.25) is 9.10 Å². The largest absolute Gasteiger partial charge is 0.456 e. The molecule has 148 valence electrons. The Balaban J connectivity index is 1.85. The van der Waals surface area contributed by atoms with Gasteiger partial charge in [-0.15, -0.1) is 0 Å². The van der Waals surface area contributed by atoms with E-state index in [4.69, 9.17) is 4.74 Å². The summed E-state index contributed by atoms with van der Waals surface area (Å²) >= 11 is 0. The zero-order valence-corrected chi connectivity index (χ0v) is 17.0.